The van der Waals surface area contributed by atoms with Gasteiger partial charge in [-0.1, -0.05) is 184 Å². The first-order valence-electron chi connectivity index (χ1n) is 24.9. The quantitative estimate of drug-likeness (QED) is 0.0387. The molecule has 0 spiro atoms. The average molecular weight is 807 g/mol. The molecule has 0 saturated carbocycles. The van der Waals surface area contributed by atoms with Gasteiger partial charge in [-0.2, -0.15) is 0 Å². The van der Waals surface area contributed by atoms with Crippen molar-refractivity contribution in [2.45, 2.75) is 251 Å². The fraction of sp³-hybridized carbons (Fsp3) is 0.769. The first-order chi connectivity index (χ1) is 28.5. The monoisotopic (exact) mass is 807 g/mol. The molecule has 0 heterocycles. The number of benzene rings is 1. The minimum Gasteiger partial charge on any atom is -0.370 e. The van der Waals surface area contributed by atoms with Crippen molar-refractivity contribution in [1.82, 2.24) is 5.32 Å². The molecular formula is C52H94N4O2. The maximum absolute atomic E-state index is 10.8. The molecule has 334 valence electrons. The van der Waals surface area contributed by atoms with Crippen LogP contribution in [0.15, 0.2) is 42.5 Å². The molecule has 58 heavy (non-hydrogen) atoms. The number of nitrogens with two attached hydrogens (primary N) is 3. The molecule has 7 N–H and O–H groups in total. The maximum atomic E-state index is 10.8. The summed E-state index contributed by atoms with van der Waals surface area (Å²) in [6, 6.07) is 6.81. The van der Waals surface area contributed by atoms with Gasteiger partial charge < -0.3 is 22.5 Å². The minimum atomic E-state index is -0.162. The Morgan fingerprint density at radius 1 is 0.431 bits per heavy atom. The third-order valence-electron chi connectivity index (χ3n) is 11.9. The predicted molar refractivity (Wildman–Crippen MR) is 253 cm³/mol. The molecule has 6 heteroatoms. The Kier molecular flexibility index (Phi) is 39.4. The second-order valence-electron chi connectivity index (χ2n) is 17.3. The van der Waals surface area contributed by atoms with Crippen molar-refractivity contribution in [3.8, 4) is 0 Å². The van der Waals surface area contributed by atoms with E-state index in [1.165, 1.54) is 209 Å². The Morgan fingerprint density at radius 3 is 1.14 bits per heavy atom. The highest BCUT2D eigenvalue weighted by molar-refractivity contribution is 5.73. The largest absolute Gasteiger partial charge is 0.370 e. The van der Waals surface area contributed by atoms with E-state index in [-0.39, 0.29) is 11.8 Å². The number of amides is 2. The second-order valence-corrected chi connectivity index (χ2v) is 17.3. The van der Waals surface area contributed by atoms with Gasteiger partial charge in [0, 0.05) is 25.9 Å². The fourth-order valence-electron chi connectivity index (χ4n) is 8.15. The molecular weight excluding hydrogens is 713 g/mol. The normalized spacial score (nSPS) is 11.7. The smallest absolute Gasteiger partial charge is 0.217 e. The van der Waals surface area contributed by atoms with E-state index < -0.39 is 0 Å². The van der Waals surface area contributed by atoms with Gasteiger partial charge in [0.25, 0.3) is 0 Å². The molecule has 1 rings (SSSR count). The van der Waals surface area contributed by atoms with Crippen molar-refractivity contribution in [2.75, 3.05) is 6.54 Å². The maximum Gasteiger partial charge on any atom is 0.217 e. The van der Waals surface area contributed by atoms with Crippen LogP contribution < -0.4 is 22.5 Å². The number of carbonyl (C=O) groups is 2. The highest BCUT2D eigenvalue weighted by atomic mass is 16.1. The van der Waals surface area contributed by atoms with Gasteiger partial charge in [0.15, 0.2) is 0 Å². The van der Waals surface area contributed by atoms with Crippen LogP contribution in [0.2, 0.25) is 0 Å². The zero-order valence-electron chi connectivity index (χ0n) is 37.9. The lowest BCUT2D eigenvalue weighted by Gasteiger charge is -2.14. The highest BCUT2D eigenvalue weighted by Gasteiger charge is 2.07. The zero-order valence-corrected chi connectivity index (χ0v) is 37.9. The average Bonchev–Trinajstić information content (AvgIpc) is 3.21. The molecule has 0 atom stereocenters. The summed E-state index contributed by atoms with van der Waals surface area (Å²) in [4.78, 5) is 21.5. The Labute approximate surface area is 359 Å². The van der Waals surface area contributed by atoms with Crippen molar-refractivity contribution in [2.24, 2.45) is 17.2 Å². The fourth-order valence-corrected chi connectivity index (χ4v) is 8.15. The number of hydrogen-bond donors (Lipinski definition) is 4. The summed E-state index contributed by atoms with van der Waals surface area (Å²) in [5.41, 5.74) is 20.9. The summed E-state index contributed by atoms with van der Waals surface area (Å²) in [7, 11) is 0. The Morgan fingerprint density at radius 2 is 0.759 bits per heavy atom. The van der Waals surface area contributed by atoms with E-state index in [0.717, 1.165) is 45.2 Å². The zero-order chi connectivity index (χ0) is 41.8. The van der Waals surface area contributed by atoms with Crippen molar-refractivity contribution < 1.29 is 9.59 Å². The summed E-state index contributed by atoms with van der Waals surface area (Å²) >= 11 is 0. The molecule has 0 aliphatic carbocycles. The van der Waals surface area contributed by atoms with Crippen LogP contribution in [-0.4, -0.2) is 18.4 Å². The van der Waals surface area contributed by atoms with Gasteiger partial charge in [-0.05, 0) is 107 Å². The first-order valence-corrected chi connectivity index (χ1v) is 24.9. The number of allylic oxidation sites excluding steroid dienone is 4. The molecule has 0 aromatic heterocycles. The molecule has 0 bridgehead atoms. The molecule has 0 saturated heterocycles. The van der Waals surface area contributed by atoms with E-state index in [1.807, 2.05) is 0 Å². The van der Waals surface area contributed by atoms with Gasteiger partial charge in [0.2, 0.25) is 11.8 Å². The predicted octanol–water partition coefficient (Wildman–Crippen LogP) is 13.9. The molecule has 2 amide bonds. The first kappa shape index (κ1) is 53.6. The van der Waals surface area contributed by atoms with Crippen LogP contribution in [0.25, 0.3) is 0 Å². The summed E-state index contributed by atoms with van der Waals surface area (Å²) in [6.07, 6.45) is 55.6. The topological polar surface area (TPSA) is 124 Å². The highest BCUT2D eigenvalue weighted by Crippen LogP contribution is 2.19. The van der Waals surface area contributed by atoms with Gasteiger partial charge in [0.05, 0.1) is 0 Å². The van der Waals surface area contributed by atoms with Crippen molar-refractivity contribution in [3.05, 3.63) is 59.2 Å². The molecule has 1 aromatic rings. The third kappa shape index (κ3) is 36.6. The van der Waals surface area contributed by atoms with Gasteiger partial charge in [0.1, 0.15) is 0 Å². The number of unbranched alkanes of at least 4 members (excludes halogenated alkanes) is 30. The van der Waals surface area contributed by atoms with Crippen LogP contribution in [0.4, 0.5) is 0 Å². The van der Waals surface area contributed by atoms with Gasteiger partial charge in [-0.15, -0.1) is 0 Å². The SMILES string of the molecule is NCc1c(CCCCCCCCC=CCCCCCCCCCCCC(N)=O)cccc1CNCCCCCCCCC=CCCCCCCCCCCCC(N)=O. The molecule has 0 aliphatic heterocycles. The number of aryl methyl sites for hydroxylation is 1. The second kappa shape index (κ2) is 42.7. The van der Waals surface area contributed by atoms with Crippen molar-refractivity contribution in [1.29, 1.82) is 0 Å². The van der Waals surface area contributed by atoms with Crippen LogP contribution in [0, 0.1) is 0 Å². The number of rotatable bonds is 45. The Hall–Kier alpha value is -2.44. The standard InChI is InChI=1S/C52H94N4O2/c53-46-50-48(40-35-31-27-23-19-15-11-7-3-1-4-8-12-16-20-24-28-32-36-43-51(54)57)41-39-42-49(50)47-56-45-38-34-30-26-22-18-14-10-6-2-5-9-13-17-21-25-29-33-37-44-52(55)58/h3,6-7,10,39,41-42,56H,1-2,4-5,8-9,11-38,40,43-47,53H2,(H2,54,57)(H2,55,58). The third-order valence-corrected chi connectivity index (χ3v) is 11.9. The van der Waals surface area contributed by atoms with Crippen molar-refractivity contribution in [3.63, 3.8) is 0 Å². The number of nitrogens with one attached hydrogen (secondary N) is 1. The summed E-state index contributed by atoms with van der Waals surface area (Å²) in [5, 5.41) is 3.71. The summed E-state index contributed by atoms with van der Waals surface area (Å²) < 4.78 is 0. The van der Waals surface area contributed by atoms with Crippen LogP contribution in [0.1, 0.15) is 248 Å². The van der Waals surface area contributed by atoms with E-state index in [2.05, 4.69) is 47.8 Å². The Balaban J connectivity index is 1.92. The van der Waals surface area contributed by atoms with Gasteiger partial charge in [-0.25, -0.2) is 0 Å². The van der Waals surface area contributed by atoms with E-state index in [4.69, 9.17) is 17.2 Å². The molecule has 1 aromatic carbocycles. The molecule has 0 fully saturated rings. The van der Waals surface area contributed by atoms with Gasteiger partial charge >= 0.3 is 0 Å². The van der Waals surface area contributed by atoms with Gasteiger partial charge in [-0.3, -0.25) is 9.59 Å². The van der Waals surface area contributed by atoms with E-state index >= 15 is 0 Å². The van der Waals surface area contributed by atoms with Crippen molar-refractivity contribution >= 4 is 11.8 Å². The van der Waals surface area contributed by atoms with E-state index in [1.54, 1.807) is 0 Å². The van der Waals surface area contributed by atoms with E-state index in [0.29, 0.717) is 19.4 Å². The Bertz CT molecular complexity index is 1130. The summed E-state index contributed by atoms with van der Waals surface area (Å²) in [6.45, 7) is 2.67. The molecule has 0 radical (unpaired) electrons. The minimum absolute atomic E-state index is 0.162. The lowest BCUT2D eigenvalue weighted by molar-refractivity contribution is -0.119. The van der Waals surface area contributed by atoms with Crippen LogP contribution in [0.3, 0.4) is 0 Å². The van der Waals surface area contributed by atoms with Crippen LogP contribution in [-0.2, 0) is 29.1 Å². The molecule has 6 nitrogen and oxygen atoms in total. The number of carbonyl (C=O) groups excluding carboxylic acids is 2. The molecule has 0 unspecified atom stereocenters. The lowest BCUT2D eigenvalue weighted by atomic mass is 9.96. The number of hydrogen-bond acceptors (Lipinski definition) is 4. The lowest BCUT2D eigenvalue weighted by Crippen LogP contribution is -2.17. The van der Waals surface area contributed by atoms with Crippen LogP contribution >= 0.6 is 0 Å². The summed E-state index contributed by atoms with van der Waals surface area (Å²) in [5.74, 6) is -0.324. The van der Waals surface area contributed by atoms with Crippen LogP contribution in [0.5, 0.6) is 0 Å². The molecule has 0 aliphatic rings. The van der Waals surface area contributed by atoms with E-state index in [9.17, 15) is 9.59 Å². The number of primary amides is 2.